The van der Waals surface area contributed by atoms with Crippen molar-refractivity contribution in [3.8, 4) is 17.2 Å². The summed E-state index contributed by atoms with van der Waals surface area (Å²) >= 11 is 1.26. The number of benzene rings is 3. The number of thiazole rings is 1. The van der Waals surface area contributed by atoms with Crippen LogP contribution < -0.4 is 29.1 Å². The highest BCUT2D eigenvalue weighted by atomic mass is 32.1. The number of allylic oxidation sites excluding steroid dienone is 1. The minimum Gasteiger partial charge on any atom is -0.493 e. The van der Waals surface area contributed by atoms with Gasteiger partial charge < -0.3 is 18.9 Å². The average molecular weight is 573 g/mol. The van der Waals surface area contributed by atoms with E-state index in [1.165, 1.54) is 11.3 Å². The second kappa shape index (κ2) is 12.0. The lowest BCUT2D eigenvalue weighted by molar-refractivity contribution is -0.139. The molecule has 212 valence electrons. The van der Waals surface area contributed by atoms with Crippen LogP contribution in [0, 0.1) is 0 Å². The van der Waals surface area contributed by atoms with Crippen molar-refractivity contribution in [2.75, 3.05) is 26.9 Å². The number of hydrogen-bond donors (Lipinski definition) is 0. The van der Waals surface area contributed by atoms with Crippen LogP contribution in [-0.4, -0.2) is 37.5 Å². The van der Waals surface area contributed by atoms with Crippen LogP contribution in [0.2, 0.25) is 0 Å². The molecule has 0 N–H and O–H groups in total. The largest absolute Gasteiger partial charge is 0.493 e. The van der Waals surface area contributed by atoms with Gasteiger partial charge in [0.05, 0.1) is 42.7 Å². The first kappa shape index (κ1) is 28.2. The molecule has 0 bridgehead atoms. The Labute approximate surface area is 241 Å². The maximum absolute atomic E-state index is 14.3. The van der Waals surface area contributed by atoms with E-state index in [1.54, 1.807) is 31.6 Å². The van der Waals surface area contributed by atoms with E-state index in [1.807, 2.05) is 68.5 Å². The maximum Gasteiger partial charge on any atom is 0.338 e. The van der Waals surface area contributed by atoms with Gasteiger partial charge in [0.2, 0.25) is 0 Å². The number of ether oxygens (including phenoxy) is 4. The van der Waals surface area contributed by atoms with Crippen LogP contribution in [-0.2, 0) is 9.53 Å². The van der Waals surface area contributed by atoms with Gasteiger partial charge in [-0.25, -0.2) is 9.79 Å². The predicted octanol–water partition coefficient (Wildman–Crippen LogP) is 4.76. The minimum atomic E-state index is -0.831. The fraction of sp³-hybridized carbons (Fsp3) is 0.281. The third-order valence-electron chi connectivity index (χ3n) is 6.84. The molecular formula is C32H32N2O6S. The molecule has 1 atom stereocenters. The zero-order valence-electron chi connectivity index (χ0n) is 23.7. The van der Waals surface area contributed by atoms with Crippen molar-refractivity contribution < 1.29 is 23.7 Å². The second-order valence-corrected chi connectivity index (χ2v) is 10.3. The van der Waals surface area contributed by atoms with E-state index in [9.17, 15) is 9.59 Å². The third-order valence-corrected chi connectivity index (χ3v) is 7.82. The Morgan fingerprint density at radius 2 is 1.76 bits per heavy atom. The molecule has 41 heavy (non-hydrogen) atoms. The molecule has 0 fully saturated rings. The van der Waals surface area contributed by atoms with Gasteiger partial charge in [-0.05, 0) is 56.7 Å². The number of rotatable bonds is 9. The van der Waals surface area contributed by atoms with Gasteiger partial charge in [-0.3, -0.25) is 9.36 Å². The molecule has 0 saturated carbocycles. The molecule has 2 heterocycles. The number of carbonyl (C=O) groups is 1. The van der Waals surface area contributed by atoms with Gasteiger partial charge in [0, 0.05) is 11.1 Å². The Morgan fingerprint density at radius 3 is 2.49 bits per heavy atom. The van der Waals surface area contributed by atoms with E-state index >= 15 is 0 Å². The molecule has 4 aromatic rings. The van der Waals surface area contributed by atoms with Gasteiger partial charge in [-0.1, -0.05) is 53.8 Å². The van der Waals surface area contributed by atoms with Crippen LogP contribution in [0.4, 0.5) is 0 Å². The molecular weight excluding hydrogens is 540 g/mol. The Balaban J connectivity index is 1.82. The highest BCUT2D eigenvalue weighted by Gasteiger charge is 2.36. The standard InChI is InChI=1S/C32H32N2O6S/c1-6-38-24-17-16-20-12-9-10-13-21(20)23(24)18-26-30(35)34-28(22-14-11-15-25(37-5)29(22)39-7-2)27(31(36)40-8-3)19(4)33-32(34)41-26/h9-18,28H,6-8H2,1-5H3/b26-18+/t28-/m0/s1. The predicted molar refractivity (Wildman–Crippen MR) is 160 cm³/mol. The number of nitrogens with zero attached hydrogens (tertiary/aromatic N) is 2. The number of carbonyl (C=O) groups excluding carboxylic acids is 1. The van der Waals surface area contributed by atoms with Crippen LogP contribution in [0.5, 0.6) is 17.2 Å². The summed E-state index contributed by atoms with van der Waals surface area (Å²) in [5, 5.41) is 2.00. The van der Waals surface area contributed by atoms with Gasteiger partial charge in [0.15, 0.2) is 16.3 Å². The smallest absolute Gasteiger partial charge is 0.338 e. The van der Waals surface area contributed by atoms with Crippen LogP contribution in [0.1, 0.15) is 44.9 Å². The molecule has 3 aromatic carbocycles. The fourth-order valence-electron chi connectivity index (χ4n) is 5.13. The Morgan fingerprint density at radius 1 is 0.976 bits per heavy atom. The first-order chi connectivity index (χ1) is 19.9. The molecule has 0 amide bonds. The van der Waals surface area contributed by atoms with Crippen molar-refractivity contribution in [3.05, 3.63) is 96.7 Å². The van der Waals surface area contributed by atoms with E-state index in [4.69, 9.17) is 23.9 Å². The summed E-state index contributed by atoms with van der Waals surface area (Å²) in [6.07, 6.45) is 1.85. The molecule has 0 unspecified atom stereocenters. The lowest BCUT2D eigenvalue weighted by atomic mass is 9.94. The van der Waals surface area contributed by atoms with Crippen LogP contribution in [0.3, 0.4) is 0 Å². The monoisotopic (exact) mass is 572 g/mol. The first-order valence-corrected chi connectivity index (χ1v) is 14.4. The normalized spacial score (nSPS) is 15.0. The number of fused-ring (bicyclic) bond motifs is 2. The van der Waals surface area contributed by atoms with E-state index in [-0.39, 0.29) is 17.7 Å². The fourth-order valence-corrected chi connectivity index (χ4v) is 6.16. The number of para-hydroxylation sites is 1. The number of methoxy groups -OCH3 is 1. The average Bonchev–Trinajstić information content (AvgIpc) is 3.28. The summed E-state index contributed by atoms with van der Waals surface area (Å²) in [4.78, 5) is 32.8. The number of aromatic nitrogens is 1. The lowest BCUT2D eigenvalue weighted by Crippen LogP contribution is -2.40. The van der Waals surface area contributed by atoms with E-state index in [2.05, 4.69) is 0 Å². The number of esters is 1. The van der Waals surface area contributed by atoms with Crippen molar-refractivity contribution >= 4 is 34.2 Å². The molecule has 1 aromatic heterocycles. The molecule has 8 nitrogen and oxygen atoms in total. The molecule has 0 aliphatic carbocycles. The van der Waals surface area contributed by atoms with E-state index < -0.39 is 12.0 Å². The molecule has 0 saturated heterocycles. The summed E-state index contributed by atoms with van der Waals surface area (Å²) < 4.78 is 25.0. The van der Waals surface area contributed by atoms with Gasteiger partial charge in [0.1, 0.15) is 11.8 Å². The maximum atomic E-state index is 14.3. The zero-order chi connectivity index (χ0) is 29.1. The molecule has 1 aliphatic heterocycles. The Hall–Kier alpha value is -4.37. The summed E-state index contributed by atoms with van der Waals surface area (Å²) in [7, 11) is 1.56. The highest BCUT2D eigenvalue weighted by molar-refractivity contribution is 7.07. The van der Waals surface area contributed by atoms with E-state index in [0.29, 0.717) is 51.1 Å². The van der Waals surface area contributed by atoms with Crippen LogP contribution in [0.25, 0.3) is 16.8 Å². The highest BCUT2D eigenvalue weighted by Crippen LogP contribution is 2.41. The van der Waals surface area contributed by atoms with Crippen molar-refractivity contribution in [1.29, 1.82) is 0 Å². The quantitative estimate of drug-likeness (QED) is 0.269. The van der Waals surface area contributed by atoms with Gasteiger partial charge in [0.25, 0.3) is 5.56 Å². The lowest BCUT2D eigenvalue weighted by Gasteiger charge is -2.26. The van der Waals surface area contributed by atoms with Gasteiger partial charge in [-0.15, -0.1) is 0 Å². The summed E-state index contributed by atoms with van der Waals surface area (Å²) in [5.41, 5.74) is 1.89. The minimum absolute atomic E-state index is 0.185. The molecule has 0 spiro atoms. The molecule has 0 radical (unpaired) electrons. The SMILES string of the molecule is CCOC(=O)C1=C(C)N=c2s/c(=C/c3c(OCC)ccc4ccccc34)c(=O)n2[C@H]1c1cccc(OC)c1OCC. The van der Waals surface area contributed by atoms with E-state index in [0.717, 1.165) is 16.3 Å². The van der Waals surface area contributed by atoms with Gasteiger partial charge in [-0.2, -0.15) is 0 Å². The Kier molecular flexibility index (Phi) is 8.26. The van der Waals surface area contributed by atoms with Crippen molar-refractivity contribution in [2.45, 2.75) is 33.7 Å². The summed E-state index contributed by atoms with van der Waals surface area (Å²) in [5.74, 6) is 1.11. The molecule has 9 heteroatoms. The second-order valence-electron chi connectivity index (χ2n) is 9.25. The summed E-state index contributed by atoms with van der Waals surface area (Å²) in [6.45, 7) is 8.34. The summed E-state index contributed by atoms with van der Waals surface area (Å²) in [6, 6.07) is 16.5. The number of hydrogen-bond acceptors (Lipinski definition) is 8. The Bertz CT molecular complexity index is 1840. The van der Waals surface area contributed by atoms with Crippen molar-refractivity contribution in [3.63, 3.8) is 0 Å². The van der Waals surface area contributed by atoms with Crippen LogP contribution in [0.15, 0.2) is 75.7 Å². The van der Waals surface area contributed by atoms with Crippen molar-refractivity contribution in [2.24, 2.45) is 4.99 Å². The van der Waals surface area contributed by atoms with Crippen molar-refractivity contribution in [1.82, 2.24) is 4.57 Å². The zero-order valence-corrected chi connectivity index (χ0v) is 24.5. The van der Waals surface area contributed by atoms with Crippen LogP contribution >= 0.6 is 11.3 Å². The third kappa shape index (κ3) is 5.13. The molecule has 1 aliphatic rings. The topological polar surface area (TPSA) is 88.4 Å². The van der Waals surface area contributed by atoms with Gasteiger partial charge >= 0.3 is 5.97 Å². The first-order valence-electron chi connectivity index (χ1n) is 13.6. The molecule has 5 rings (SSSR count).